The first-order valence-electron chi connectivity index (χ1n) is 2.42. The molecule has 1 atom stereocenters. The van der Waals surface area contributed by atoms with E-state index in [1.54, 1.807) is 12.3 Å². The van der Waals surface area contributed by atoms with Crippen LogP contribution >= 0.6 is 11.8 Å². The van der Waals surface area contributed by atoms with E-state index in [0.717, 1.165) is 0 Å². The molecule has 0 radical (unpaired) electrons. The largest absolute Gasteiger partial charge is 0.287 e. The molecule has 0 rings (SSSR count). The topological polar surface area (TPSA) is 17.1 Å². The van der Waals surface area contributed by atoms with Gasteiger partial charge in [0.2, 0.25) is 0 Å². The molecule has 0 saturated carbocycles. The average Bonchev–Trinajstić information content (AvgIpc) is 1.84. The highest BCUT2D eigenvalue weighted by Gasteiger charge is 2.04. The molecule has 0 heterocycles. The lowest BCUT2D eigenvalue weighted by atomic mass is 10.2. The predicted molar refractivity (Wildman–Crippen MR) is 37.9 cm³/mol. The van der Waals surface area contributed by atoms with Crippen LogP contribution in [-0.2, 0) is 4.79 Å². The molecule has 0 spiro atoms. The van der Waals surface area contributed by atoms with Crippen molar-refractivity contribution < 1.29 is 4.79 Å². The molecule has 1 unspecified atom stereocenters. The van der Waals surface area contributed by atoms with Gasteiger partial charge in [-0.15, -0.1) is 6.58 Å². The summed E-state index contributed by atoms with van der Waals surface area (Å²) < 4.78 is 0. The molecule has 0 aliphatic heterocycles. The van der Waals surface area contributed by atoms with Crippen LogP contribution in [0.25, 0.3) is 0 Å². The van der Waals surface area contributed by atoms with Gasteiger partial charge < -0.3 is 0 Å². The number of rotatable bonds is 2. The second kappa shape index (κ2) is 3.72. The first kappa shape index (κ1) is 7.76. The van der Waals surface area contributed by atoms with Gasteiger partial charge in [-0.3, -0.25) is 4.79 Å². The third-order valence-electron chi connectivity index (χ3n) is 0.927. The van der Waals surface area contributed by atoms with Crippen molar-refractivity contribution in [3.63, 3.8) is 0 Å². The standard InChI is InChI=1S/C6H10OS/c1-4-5(2)6(7)8-3/h4-5H,1H2,2-3H3. The van der Waals surface area contributed by atoms with Gasteiger partial charge in [0.15, 0.2) is 5.12 Å². The first-order chi connectivity index (χ1) is 3.72. The Bertz CT molecular complexity index is 98.7. The van der Waals surface area contributed by atoms with Gasteiger partial charge >= 0.3 is 0 Å². The minimum absolute atomic E-state index is 0.00463. The Hall–Kier alpha value is -0.240. The summed E-state index contributed by atoms with van der Waals surface area (Å²) in [5, 5.41) is 0.181. The quantitative estimate of drug-likeness (QED) is 0.529. The predicted octanol–water partition coefficient (Wildman–Crippen LogP) is 1.70. The van der Waals surface area contributed by atoms with Gasteiger partial charge in [-0.2, -0.15) is 0 Å². The minimum atomic E-state index is 0.00463. The van der Waals surface area contributed by atoms with Crippen molar-refractivity contribution in [1.29, 1.82) is 0 Å². The van der Waals surface area contributed by atoms with E-state index in [1.807, 2.05) is 6.92 Å². The number of hydrogen-bond acceptors (Lipinski definition) is 2. The molecule has 0 aromatic rings. The van der Waals surface area contributed by atoms with Crippen LogP contribution in [0.2, 0.25) is 0 Å². The van der Waals surface area contributed by atoms with Crippen molar-refractivity contribution >= 4 is 16.9 Å². The Balaban J connectivity index is 3.62. The van der Waals surface area contributed by atoms with Gasteiger partial charge in [0.25, 0.3) is 0 Å². The normalized spacial score (nSPS) is 12.8. The summed E-state index contributed by atoms with van der Waals surface area (Å²) >= 11 is 1.25. The third-order valence-corrected chi connectivity index (χ3v) is 1.70. The number of hydrogen-bond donors (Lipinski definition) is 0. The van der Waals surface area contributed by atoms with Crippen LogP contribution in [0.3, 0.4) is 0 Å². The van der Waals surface area contributed by atoms with Gasteiger partial charge in [-0.1, -0.05) is 24.8 Å². The van der Waals surface area contributed by atoms with Crippen molar-refractivity contribution in [2.75, 3.05) is 6.26 Å². The van der Waals surface area contributed by atoms with Crippen LogP contribution in [0.15, 0.2) is 12.7 Å². The summed E-state index contributed by atoms with van der Waals surface area (Å²) in [5.74, 6) is 0.00463. The maximum atomic E-state index is 10.6. The minimum Gasteiger partial charge on any atom is -0.287 e. The van der Waals surface area contributed by atoms with E-state index in [-0.39, 0.29) is 11.0 Å². The fraction of sp³-hybridized carbons (Fsp3) is 0.500. The molecule has 46 valence electrons. The molecular weight excluding hydrogens is 120 g/mol. The number of allylic oxidation sites excluding steroid dienone is 1. The number of carbonyl (C=O) groups excluding carboxylic acids is 1. The van der Waals surface area contributed by atoms with Crippen molar-refractivity contribution in [2.45, 2.75) is 6.92 Å². The smallest absolute Gasteiger partial charge is 0.195 e. The van der Waals surface area contributed by atoms with Crippen LogP contribution in [0.1, 0.15) is 6.92 Å². The van der Waals surface area contributed by atoms with Gasteiger partial charge in [-0.25, -0.2) is 0 Å². The lowest BCUT2D eigenvalue weighted by Gasteiger charge is -1.97. The van der Waals surface area contributed by atoms with Gasteiger partial charge in [0.05, 0.1) is 0 Å². The second-order valence-corrected chi connectivity index (χ2v) is 2.36. The highest BCUT2D eigenvalue weighted by atomic mass is 32.2. The first-order valence-corrected chi connectivity index (χ1v) is 3.65. The Labute approximate surface area is 54.2 Å². The van der Waals surface area contributed by atoms with E-state index in [1.165, 1.54) is 11.8 Å². The SMILES string of the molecule is C=CC(C)C(=O)SC. The molecule has 0 aliphatic rings. The maximum absolute atomic E-state index is 10.6. The van der Waals surface area contributed by atoms with Crippen molar-refractivity contribution in [1.82, 2.24) is 0 Å². The Kier molecular flexibility index (Phi) is 3.61. The summed E-state index contributed by atoms with van der Waals surface area (Å²) in [5.41, 5.74) is 0. The zero-order valence-corrected chi connectivity index (χ0v) is 5.99. The maximum Gasteiger partial charge on any atom is 0.195 e. The van der Waals surface area contributed by atoms with Crippen LogP contribution < -0.4 is 0 Å². The fourth-order valence-electron chi connectivity index (χ4n) is 0.282. The highest BCUT2D eigenvalue weighted by molar-refractivity contribution is 8.13. The Morgan fingerprint density at radius 2 is 2.38 bits per heavy atom. The summed E-state index contributed by atoms with van der Waals surface area (Å²) in [4.78, 5) is 10.6. The summed E-state index contributed by atoms with van der Waals surface area (Å²) in [6.45, 7) is 5.33. The molecule has 0 fully saturated rings. The molecule has 2 heteroatoms. The van der Waals surface area contributed by atoms with Crippen LogP contribution in [0.4, 0.5) is 0 Å². The van der Waals surface area contributed by atoms with Gasteiger partial charge in [-0.05, 0) is 6.26 Å². The third kappa shape index (κ3) is 2.17. The molecule has 0 saturated heterocycles. The molecule has 0 aromatic heterocycles. The molecular formula is C6H10OS. The Morgan fingerprint density at radius 3 is 2.50 bits per heavy atom. The Morgan fingerprint density at radius 1 is 1.88 bits per heavy atom. The molecule has 0 aromatic carbocycles. The molecule has 0 bridgehead atoms. The number of carbonyl (C=O) groups is 1. The summed E-state index contributed by atoms with van der Waals surface area (Å²) in [6.07, 6.45) is 3.43. The number of thioether (sulfide) groups is 1. The molecule has 1 nitrogen and oxygen atoms in total. The van der Waals surface area contributed by atoms with E-state index < -0.39 is 0 Å². The average molecular weight is 130 g/mol. The monoisotopic (exact) mass is 130 g/mol. The molecule has 0 N–H and O–H groups in total. The van der Waals surface area contributed by atoms with E-state index in [4.69, 9.17) is 0 Å². The van der Waals surface area contributed by atoms with Crippen molar-refractivity contribution in [2.24, 2.45) is 5.92 Å². The van der Waals surface area contributed by atoms with E-state index in [2.05, 4.69) is 6.58 Å². The summed E-state index contributed by atoms with van der Waals surface area (Å²) in [7, 11) is 0. The van der Waals surface area contributed by atoms with Crippen LogP contribution in [0, 0.1) is 5.92 Å². The zero-order valence-electron chi connectivity index (χ0n) is 5.18. The lowest BCUT2D eigenvalue weighted by Crippen LogP contribution is -2.00. The second-order valence-electron chi connectivity index (χ2n) is 1.55. The molecule has 0 amide bonds. The van der Waals surface area contributed by atoms with E-state index in [9.17, 15) is 4.79 Å². The highest BCUT2D eigenvalue weighted by Crippen LogP contribution is 2.06. The lowest BCUT2D eigenvalue weighted by molar-refractivity contribution is -0.112. The van der Waals surface area contributed by atoms with E-state index in [0.29, 0.717) is 0 Å². The van der Waals surface area contributed by atoms with Crippen LogP contribution in [0.5, 0.6) is 0 Å². The van der Waals surface area contributed by atoms with Gasteiger partial charge in [0.1, 0.15) is 0 Å². The zero-order chi connectivity index (χ0) is 6.57. The molecule has 8 heavy (non-hydrogen) atoms. The molecule has 0 aliphatic carbocycles. The van der Waals surface area contributed by atoms with Gasteiger partial charge in [0, 0.05) is 5.92 Å². The van der Waals surface area contributed by atoms with E-state index >= 15 is 0 Å². The fourth-order valence-corrected chi connectivity index (χ4v) is 0.750. The summed E-state index contributed by atoms with van der Waals surface area (Å²) in [6, 6.07) is 0. The van der Waals surface area contributed by atoms with Crippen LogP contribution in [-0.4, -0.2) is 11.4 Å². The van der Waals surface area contributed by atoms with Crippen molar-refractivity contribution in [3.05, 3.63) is 12.7 Å². The van der Waals surface area contributed by atoms with Crippen molar-refractivity contribution in [3.8, 4) is 0 Å².